The van der Waals surface area contributed by atoms with Gasteiger partial charge < -0.3 is 9.84 Å². The van der Waals surface area contributed by atoms with E-state index < -0.39 is 17.9 Å². The van der Waals surface area contributed by atoms with E-state index in [4.69, 9.17) is 5.11 Å². The van der Waals surface area contributed by atoms with Crippen LogP contribution >= 0.6 is 0 Å². The van der Waals surface area contributed by atoms with Gasteiger partial charge in [-0.3, -0.25) is 14.4 Å². The van der Waals surface area contributed by atoms with E-state index >= 15 is 0 Å². The molecule has 96 valence electrons. The summed E-state index contributed by atoms with van der Waals surface area (Å²) in [7, 11) is 1.20. The maximum Gasteiger partial charge on any atom is 0.306 e. The summed E-state index contributed by atoms with van der Waals surface area (Å²) in [4.78, 5) is 33.9. The topological polar surface area (TPSA) is 80.7 Å². The van der Waals surface area contributed by atoms with E-state index in [2.05, 4.69) is 4.74 Å². The lowest BCUT2D eigenvalue weighted by molar-refractivity contribution is -0.142. The summed E-state index contributed by atoms with van der Waals surface area (Å²) in [5, 5.41) is 8.76. The van der Waals surface area contributed by atoms with Gasteiger partial charge in [0.15, 0.2) is 5.78 Å². The Balaban J connectivity index is 2.85. The molecule has 1 atom stereocenters. The molecule has 1 rings (SSSR count). The molecule has 0 spiro atoms. The summed E-state index contributed by atoms with van der Waals surface area (Å²) in [5.74, 6) is -2.96. The molecule has 0 saturated heterocycles. The van der Waals surface area contributed by atoms with Crippen LogP contribution < -0.4 is 0 Å². The predicted molar refractivity (Wildman–Crippen MR) is 63.1 cm³/mol. The van der Waals surface area contributed by atoms with Crippen LogP contribution in [0.2, 0.25) is 0 Å². The lowest BCUT2D eigenvalue weighted by Crippen LogP contribution is -2.22. The number of carbonyl (C=O) groups is 3. The number of hydrogen-bond donors (Lipinski definition) is 1. The van der Waals surface area contributed by atoms with Gasteiger partial charge >= 0.3 is 11.9 Å². The number of methoxy groups -OCH3 is 1. The highest BCUT2D eigenvalue weighted by atomic mass is 16.5. The Labute approximate surface area is 104 Å². The zero-order valence-electron chi connectivity index (χ0n) is 9.96. The van der Waals surface area contributed by atoms with Crippen molar-refractivity contribution in [1.29, 1.82) is 0 Å². The van der Waals surface area contributed by atoms with Crippen molar-refractivity contribution in [3.8, 4) is 0 Å². The fourth-order valence-electron chi connectivity index (χ4n) is 1.59. The standard InChI is InChI=1S/C13H14O5/c1-18-12(16)8-10(7-11(14)15)13(17)9-5-3-2-4-6-9/h2-6,10H,7-8H2,1H3,(H,14,15). The number of ketones is 1. The molecule has 0 heterocycles. The van der Waals surface area contributed by atoms with Gasteiger partial charge in [-0.15, -0.1) is 0 Å². The fraction of sp³-hybridized carbons (Fsp3) is 0.308. The second kappa shape index (κ2) is 6.54. The summed E-state index contributed by atoms with van der Waals surface area (Å²) in [6.45, 7) is 0. The smallest absolute Gasteiger partial charge is 0.306 e. The first-order chi connectivity index (χ1) is 8.54. The zero-order chi connectivity index (χ0) is 13.5. The molecule has 0 bridgehead atoms. The Hall–Kier alpha value is -2.17. The molecule has 5 heteroatoms. The molecule has 0 amide bonds. The van der Waals surface area contributed by atoms with Gasteiger partial charge in [0.05, 0.1) is 20.0 Å². The summed E-state index contributed by atoms with van der Waals surface area (Å²) < 4.78 is 4.46. The Kier molecular flexibility index (Phi) is 5.05. The van der Waals surface area contributed by atoms with Gasteiger partial charge in [0, 0.05) is 11.5 Å². The average Bonchev–Trinajstić information content (AvgIpc) is 2.37. The average molecular weight is 250 g/mol. The van der Waals surface area contributed by atoms with Crippen LogP contribution in [0, 0.1) is 5.92 Å². The van der Waals surface area contributed by atoms with Gasteiger partial charge in [0.2, 0.25) is 0 Å². The van der Waals surface area contributed by atoms with Crippen molar-refractivity contribution < 1.29 is 24.2 Å². The number of esters is 1. The number of hydrogen-bond acceptors (Lipinski definition) is 4. The molecule has 0 aliphatic heterocycles. The molecular formula is C13H14O5. The van der Waals surface area contributed by atoms with Crippen molar-refractivity contribution in [2.24, 2.45) is 5.92 Å². The second-order valence-electron chi connectivity index (χ2n) is 3.81. The molecule has 5 nitrogen and oxygen atoms in total. The van der Waals surface area contributed by atoms with Crippen LogP contribution in [0.15, 0.2) is 30.3 Å². The number of carboxylic acid groups (broad SMARTS) is 1. The molecule has 0 aliphatic carbocycles. The molecule has 1 unspecified atom stereocenters. The quantitative estimate of drug-likeness (QED) is 0.611. The van der Waals surface area contributed by atoms with Crippen molar-refractivity contribution in [3.05, 3.63) is 35.9 Å². The number of carbonyl (C=O) groups excluding carboxylic acids is 2. The van der Waals surface area contributed by atoms with Crippen LogP contribution in [0.5, 0.6) is 0 Å². The van der Waals surface area contributed by atoms with E-state index in [1.165, 1.54) is 7.11 Å². The highest BCUT2D eigenvalue weighted by Gasteiger charge is 2.25. The largest absolute Gasteiger partial charge is 0.481 e. The van der Waals surface area contributed by atoms with Gasteiger partial charge in [-0.1, -0.05) is 30.3 Å². The van der Waals surface area contributed by atoms with E-state index in [1.54, 1.807) is 30.3 Å². The molecule has 0 saturated carbocycles. The third-order valence-electron chi connectivity index (χ3n) is 2.49. The predicted octanol–water partition coefficient (Wildman–Crippen LogP) is 1.52. The maximum absolute atomic E-state index is 12.1. The van der Waals surface area contributed by atoms with Crippen LogP contribution in [-0.4, -0.2) is 29.9 Å². The van der Waals surface area contributed by atoms with Crippen LogP contribution in [-0.2, 0) is 14.3 Å². The van der Waals surface area contributed by atoms with Gasteiger partial charge in [-0.25, -0.2) is 0 Å². The molecule has 18 heavy (non-hydrogen) atoms. The van der Waals surface area contributed by atoms with Crippen molar-refractivity contribution in [2.45, 2.75) is 12.8 Å². The van der Waals surface area contributed by atoms with E-state index in [1.807, 2.05) is 0 Å². The first-order valence-corrected chi connectivity index (χ1v) is 5.42. The van der Waals surface area contributed by atoms with Crippen molar-refractivity contribution in [1.82, 2.24) is 0 Å². The maximum atomic E-state index is 12.1. The van der Waals surface area contributed by atoms with Crippen molar-refractivity contribution in [3.63, 3.8) is 0 Å². The molecule has 0 aliphatic rings. The first-order valence-electron chi connectivity index (χ1n) is 5.42. The summed E-state index contributed by atoms with van der Waals surface area (Å²) in [6, 6.07) is 8.30. The highest BCUT2D eigenvalue weighted by molar-refractivity contribution is 6.00. The molecule has 0 fully saturated rings. The Bertz CT molecular complexity index is 438. The summed E-state index contributed by atoms with van der Waals surface area (Å²) >= 11 is 0. The third-order valence-corrected chi connectivity index (χ3v) is 2.49. The van der Waals surface area contributed by atoms with Crippen LogP contribution in [0.1, 0.15) is 23.2 Å². The monoisotopic (exact) mass is 250 g/mol. The minimum Gasteiger partial charge on any atom is -0.481 e. The Morgan fingerprint density at radius 3 is 2.28 bits per heavy atom. The number of ether oxygens (including phenoxy) is 1. The van der Waals surface area contributed by atoms with E-state index in [0.717, 1.165) is 0 Å². The second-order valence-corrected chi connectivity index (χ2v) is 3.81. The van der Waals surface area contributed by atoms with E-state index in [0.29, 0.717) is 5.56 Å². The highest BCUT2D eigenvalue weighted by Crippen LogP contribution is 2.17. The minimum absolute atomic E-state index is 0.226. The molecule has 1 N–H and O–H groups in total. The van der Waals surface area contributed by atoms with Crippen LogP contribution in [0.25, 0.3) is 0 Å². The first kappa shape index (κ1) is 13.9. The van der Waals surface area contributed by atoms with Crippen LogP contribution in [0.4, 0.5) is 0 Å². The molecule has 1 aromatic rings. The van der Waals surface area contributed by atoms with Gasteiger partial charge in [0.1, 0.15) is 0 Å². The summed E-state index contributed by atoms with van der Waals surface area (Å²) in [6.07, 6.45) is -0.612. The lowest BCUT2D eigenvalue weighted by atomic mass is 9.92. The fourth-order valence-corrected chi connectivity index (χ4v) is 1.59. The third kappa shape index (κ3) is 4.01. The molecular weight excluding hydrogens is 236 g/mol. The zero-order valence-corrected chi connectivity index (χ0v) is 9.96. The Morgan fingerprint density at radius 2 is 1.78 bits per heavy atom. The SMILES string of the molecule is COC(=O)CC(CC(=O)O)C(=O)c1ccccc1. The minimum atomic E-state index is -1.12. The van der Waals surface area contributed by atoms with Gasteiger partial charge in [-0.2, -0.15) is 0 Å². The van der Waals surface area contributed by atoms with Gasteiger partial charge in [-0.05, 0) is 0 Å². The number of benzene rings is 1. The molecule has 0 radical (unpaired) electrons. The Morgan fingerprint density at radius 1 is 1.17 bits per heavy atom. The normalized spacial score (nSPS) is 11.6. The molecule has 1 aromatic carbocycles. The number of carboxylic acids is 1. The number of aliphatic carboxylic acids is 1. The summed E-state index contributed by atoms with van der Waals surface area (Å²) in [5.41, 5.74) is 0.396. The number of rotatable bonds is 6. The van der Waals surface area contributed by atoms with Gasteiger partial charge in [0.25, 0.3) is 0 Å². The van der Waals surface area contributed by atoms with Crippen LogP contribution in [0.3, 0.4) is 0 Å². The molecule has 0 aromatic heterocycles. The van der Waals surface area contributed by atoms with E-state index in [9.17, 15) is 14.4 Å². The van der Waals surface area contributed by atoms with Crippen molar-refractivity contribution in [2.75, 3.05) is 7.11 Å². The van der Waals surface area contributed by atoms with E-state index in [-0.39, 0.29) is 18.6 Å². The lowest BCUT2D eigenvalue weighted by Gasteiger charge is -2.12. The van der Waals surface area contributed by atoms with Crippen molar-refractivity contribution >= 4 is 17.7 Å². The number of Topliss-reactive ketones (excluding diaryl/α,β-unsaturated/α-hetero) is 1.